The molecule has 0 aliphatic carbocycles. The van der Waals surface area contributed by atoms with Crippen molar-refractivity contribution in [2.75, 3.05) is 11.1 Å². The van der Waals surface area contributed by atoms with Gasteiger partial charge >= 0.3 is 0 Å². The average Bonchev–Trinajstić information content (AvgIpc) is 3.52. The number of halogens is 5. The molecule has 3 atom stereocenters. The van der Waals surface area contributed by atoms with Gasteiger partial charge < -0.3 is 19.9 Å². The summed E-state index contributed by atoms with van der Waals surface area (Å²) in [5.41, 5.74) is 0.387. The summed E-state index contributed by atoms with van der Waals surface area (Å²) in [5.74, 6) is -12.3. The van der Waals surface area contributed by atoms with Gasteiger partial charge in [-0.2, -0.15) is 5.10 Å². The SMILES string of the molecule is O=C(Nc1cccc(C2OC(CSc3ncn[nH]3)CC(c3ccc(CO)cc3)O2)c1)c1c(F)c(F)c(F)c(F)c1F. The Bertz CT molecular complexity index is 1510. The number of nitrogens with one attached hydrogen (secondary N) is 2. The van der Waals surface area contributed by atoms with Crippen LogP contribution in [0.25, 0.3) is 0 Å². The fourth-order valence-corrected chi connectivity index (χ4v) is 5.02. The molecule has 0 bridgehead atoms. The third-order valence-corrected chi connectivity index (χ3v) is 7.28. The number of aliphatic hydroxyl groups excluding tert-OH is 1. The van der Waals surface area contributed by atoms with Gasteiger partial charge in [-0.3, -0.25) is 9.89 Å². The first-order valence-corrected chi connectivity index (χ1v) is 13.1. The molecule has 8 nitrogen and oxygen atoms in total. The molecule has 2 heterocycles. The zero-order valence-corrected chi connectivity index (χ0v) is 21.7. The highest BCUT2D eigenvalue weighted by atomic mass is 32.2. The fraction of sp³-hybridized carbons (Fsp3) is 0.222. The Balaban J connectivity index is 1.38. The second kappa shape index (κ2) is 12.3. The van der Waals surface area contributed by atoms with Crippen LogP contribution in [0, 0.1) is 29.1 Å². The Morgan fingerprint density at radius 3 is 2.34 bits per heavy atom. The Labute approximate surface area is 233 Å². The number of amides is 1. The number of benzene rings is 3. The Kier molecular flexibility index (Phi) is 8.63. The highest BCUT2D eigenvalue weighted by Gasteiger charge is 2.33. The van der Waals surface area contributed by atoms with Crippen LogP contribution >= 0.6 is 11.8 Å². The molecule has 214 valence electrons. The summed E-state index contributed by atoms with van der Waals surface area (Å²) in [6.45, 7) is -0.114. The zero-order valence-electron chi connectivity index (χ0n) is 20.9. The third-order valence-electron chi connectivity index (χ3n) is 6.27. The van der Waals surface area contributed by atoms with Crippen molar-refractivity contribution >= 4 is 23.4 Å². The van der Waals surface area contributed by atoms with Crippen LogP contribution in [0.15, 0.2) is 60.0 Å². The molecule has 3 N–H and O–H groups in total. The predicted molar refractivity (Wildman–Crippen MR) is 136 cm³/mol. The number of carbonyl (C=O) groups excluding carboxylic acids is 1. The Hall–Kier alpha value is -3.85. The van der Waals surface area contributed by atoms with Gasteiger partial charge in [0.1, 0.15) is 11.9 Å². The molecule has 0 radical (unpaired) electrons. The summed E-state index contributed by atoms with van der Waals surface area (Å²) >= 11 is 1.39. The number of aromatic amines is 1. The molecule has 1 saturated heterocycles. The number of carbonyl (C=O) groups is 1. The quantitative estimate of drug-likeness (QED) is 0.106. The van der Waals surface area contributed by atoms with Gasteiger partial charge in [-0.05, 0) is 23.3 Å². The molecule has 4 aromatic rings. The maximum Gasteiger partial charge on any atom is 0.261 e. The highest BCUT2D eigenvalue weighted by molar-refractivity contribution is 7.99. The van der Waals surface area contributed by atoms with Crippen LogP contribution in [0.4, 0.5) is 27.6 Å². The van der Waals surface area contributed by atoms with Crippen molar-refractivity contribution in [1.29, 1.82) is 0 Å². The van der Waals surface area contributed by atoms with Crippen molar-refractivity contribution in [1.82, 2.24) is 15.2 Å². The first kappa shape index (κ1) is 28.7. The Morgan fingerprint density at radius 1 is 0.976 bits per heavy atom. The summed E-state index contributed by atoms with van der Waals surface area (Å²) in [6.07, 6.45) is 0.157. The summed E-state index contributed by atoms with van der Waals surface area (Å²) in [5, 5.41) is 18.7. The van der Waals surface area contributed by atoms with Gasteiger partial charge in [0.05, 0.1) is 18.8 Å². The lowest BCUT2D eigenvalue weighted by molar-refractivity contribution is -0.245. The number of hydrogen-bond donors (Lipinski definition) is 3. The minimum atomic E-state index is -2.36. The first-order valence-electron chi connectivity index (χ1n) is 12.2. The number of ether oxygens (including phenoxy) is 2. The smallest absolute Gasteiger partial charge is 0.261 e. The van der Waals surface area contributed by atoms with E-state index in [0.717, 1.165) is 11.1 Å². The van der Waals surface area contributed by atoms with E-state index in [1.54, 1.807) is 18.2 Å². The van der Waals surface area contributed by atoms with Crippen molar-refractivity contribution in [3.05, 3.63) is 106 Å². The summed E-state index contributed by atoms with van der Waals surface area (Å²) in [6, 6.07) is 13.1. The van der Waals surface area contributed by atoms with E-state index in [0.29, 0.717) is 22.9 Å². The first-order chi connectivity index (χ1) is 19.7. The lowest BCUT2D eigenvalue weighted by Gasteiger charge is -2.36. The molecular formula is C27H21F5N4O4S. The lowest BCUT2D eigenvalue weighted by atomic mass is 10.0. The largest absolute Gasteiger partial charge is 0.392 e. The number of aromatic nitrogens is 3. The molecular weight excluding hydrogens is 571 g/mol. The molecule has 1 aromatic heterocycles. The number of H-pyrrole nitrogens is 1. The molecule has 3 unspecified atom stereocenters. The van der Waals surface area contributed by atoms with Crippen molar-refractivity contribution in [2.24, 2.45) is 0 Å². The summed E-state index contributed by atoms with van der Waals surface area (Å²) < 4.78 is 81.3. The minimum absolute atomic E-state index is 0.00523. The molecule has 1 fully saturated rings. The summed E-state index contributed by atoms with van der Waals surface area (Å²) in [7, 11) is 0. The normalized spacial score (nSPS) is 18.8. The molecule has 1 amide bonds. The molecule has 5 rings (SSSR count). The van der Waals surface area contributed by atoms with Crippen molar-refractivity contribution < 1.29 is 41.3 Å². The van der Waals surface area contributed by atoms with E-state index < -0.39 is 53.0 Å². The van der Waals surface area contributed by atoms with Crippen molar-refractivity contribution in [2.45, 2.75) is 36.7 Å². The van der Waals surface area contributed by atoms with Crippen molar-refractivity contribution in [3.8, 4) is 0 Å². The van der Waals surface area contributed by atoms with Crippen LogP contribution in [-0.2, 0) is 16.1 Å². The predicted octanol–water partition coefficient (Wildman–Crippen LogP) is 5.58. The van der Waals surface area contributed by atoms with Gasteiger partial charge in [0.2, 0.25) is 5.82 Å². The maximum absolute atomic E-state index is 14.1. The molecule has 41 heavy (non-hydrogen) atoms. The van der Waals surface area contributed by atoms with Gasteiger partial charge in [-0.25, -0.2) is 26.9 Å². The van der Waals surface area contributed by atoms with E-state index in [2.05, 4.69) is 20.5 Å². The molecule has 1 aliphatic rings. The van der Waals surface area contributed by atoms with E-state index >= 15 is 0 Å². The lowest BCUT2D eigenvalue weighted by Crippen LogP contribution is -2.31. The van der Waals surface area contributed by atoms with Crippen LogP contribution in [0.5, 0.6) is 0 Å². The highest BCUT2D eigenvalue weighted by Crippen LogP contribution is 2.39. The minimum Gasteiger partial charge on any atom is -0.392 e. The van der Waals surface area contributed by atoms with E-state index in [9.17, 15) is 31.9 Å². The topological polar surface area (TPSA) is 109 Å². The molecule has 1 aliphatic heterocycles. The number of thioether (sulfide) groups is 1. The van der Waals surface area contributed by atoms with Crippen LogP contribution in [0.1, 0.15) is 45.9 Å². The number of rotatable bonds is 8. The van der Waals surface area contributed by atoms with Gasteiger partial charge in [-0.15, -0.1) is 0 Å². The second-order valence-corrected chi connectivity index (χ2v) is 9.98. The summed E-state index contributed by atoms with van der Waals surface area (Å²) in [4.78, 5) is 16.6. The van der Waals surface area contributed by atoms with Crippen LogP contribution in [-0.4, -0.2) is 38.1 Å². The standard InChI is InChI=1S/C27H21F5N4O4S/c28-20-19(21(29)23(31)24(32)22(20)30)25(38)35-16-3-1-2-15(8-16)26-39-17(11-41-27-33-12-34-36-27)9-18(40-26)14-6-4-13(10-37)5-7-14/h1-8,12,17-18,26,37H,9-11H2,(H,35,38)(H,33,34,36). The fourth-order valence-electron chi connectivity index (χ4n) is 4.22. The van der Waals surface area contributed by atoms with Crippen LogP contribution in [0.2, 0.25) is 0 Å². The molecule has 0 saturated carbocycles. The van der Waals surface area contributed by atoms with E-state index in [1.807, 2.05) is 12.1 Å². The molecule has 0 spiro atoms. The maximum atomic E-state index is 14.1. The number of aliphatic hydroxyl groups is 1. The van der Waals surface area contributed by atoms with Gasteiger partial charge in [-0.1, -0.05) is 48.2 Å². The Morgan fingerprint density at radius 2 is 1.68 bits per heavy atom. The van der Waals surface area contributed by atoms with Gasteiger partial charge in [0.15, 0.2) is 34.7 Å². The number of anilines is 1. The van der Waals surface area contributed by atoms with Gasteiger partial charge in [0, 0.05) is 23.4 Å². The monoisotopic (exact) mass is 592 g/mol. The zero-order chi connectivity index (χ0) is 29.1. The van der Waals surface area contributed by atoms with E-state index in [1.165, 1.54) is 36.3 Å². The second-order valence-electron chi connectivity index (χ2n) is 8.98. The number of nitrogens with zero attached hydrogens (tertiary/aromatic N) is 2. The molecule has 14 heteroatoms. The van der Waals surface area contributed by atoms with Gasteiger partial charge in [0.25, 0.3) is 5.91 Å². The average molecular weight is 593 g/mol. The van der Waals surface area contributed by atoms with E-state index in [-0.39, 0.29) is 18.4 Å². The van der Waals surface area contributed by atoms with Crippen LogP contribution < -0.4 is 5.32 Å². The molecule has 3 aromatic carbocycles. The van der Waals surface area contributed by atoms with Crippen LogP contribution in [0.3, 0.4) is 0 Å². The van der Waals surface area contributed by atoms with E-state index in [4.69, 9.17) is 9.47 Å². The third kappa shape index (κ3) is 6.25. The number of hydrogen-bond acceptors (Lipinski definition) is 7. The van der Waals surface area contributed by atoms with Crippen molar-refractivity contribution in [3.63, 3.8) is 0 Å².